The van der Waals surface area contributed by atoms with Crippen LogP contribution in [0.2, 0.25) is 0 Å². The Morgan fingerprint density at radius 1 is 1.11 bits per heavy atom. The van der Waals surface area contributed by atoms with E-state index in [0.717, 1.165) is 18.4 Å². The van der Waals surface area contributed by atoms with E-state index in [4.69, 9.17) is 13.7 Å². The Bertz CT molecular complexity index is 1540. The summed E-state index contributed by atoms with van der Waals surface area (Å²) in [5, 5.41) is 0. The zero-order valence-corrected chi connectivity index (χ0v) is 21.6. The second-order valence-electron chi connectivity index (χ2n) is 9.94. The molecule has 3 heterocycles. The van der Waals surface area contributed by atoms with Crippen LogP contribution in [0.3, 0.4) is 0 Å². The number of fused-ring (bicyclic) bond motifs is 1. The number of hydrogen-bond acceptors (Lipinski definition) is 8. The van der Waals surface area contributed by atoms with Crippen molar-refractivity contribution in [3.05, 3.63) is 47.9 Å². The average molecular weight is 520 g/mol. The van der Waals surface area contributed by atoms with E-state index in [1.165, 1.54) is 6.07 Å². The minimum atomic E-state index is -3.78. The summed E-state index contributed by atoms with van der Waals surface area (Å²) in [5.41, 5.74) is 3.42. The number of pyridine rings is 1. The van der Waals surface area contributed by atoms with Gasteiger partial charge in [-0.1, -0.05) is 34.6 Å². The molecule has 0 saturated heterocycles. The fraction of sp³-hybridized carbons (Fsp3) is 0.375. The Morgan fingerprint density at radius 3 is 2.44 bits per heavy atom. The van der Waals surface area contributed by atoms with E-state index in [9.17, 15) is 17.2 Å². The van der Waals surface area contributed by atoms with E-state index < -0.39 is 27.2 Å². The fourth-order valence-electron chi connectivity index (χ4n) is 3.54. The molecule has 0 aliphatic rings. The number of nitrogens with one attached hydrogen (secondary N) is 1. The van der Waals surface area contributed by atoms with Crippen LogP contribution in [0.4, 0.5) is 14.7 Å². The van der Waals surface area contributed by atoms with Crippen molar-refractivity contribution in [1.29, 1.82) is 0 Å². The molecule has 4 aromatic rings. The summed E-state index contributed by atoms with van der Waals surface area (Å²) in [6, 6.07) is 6.59. The van der Waals surface area contributed by atoms with E-state index >= 15 is 0 Å². The Morgan fingerprint density at radius 2 is 1.83 bits per heavy atom. The van der Waals surface area contributed by atoms with Gasteiger partial charge in [-0.3, -0.25) is 4.57 Å². The van der Waals surface area contributed by atoms with Crippen molar-refractivity contribution in [2.75, 3.05) is 11.7 Å². The summed E-state index contributed by atoms with van der Waals surface area (Å²) in [6.07, 6.45) is 0.915. The summed E-state index contributed by atoms with van der Waals surface area (Å²) in [4.78, 5) is 13.7. The van der Waals surface area contributed by atoms with Crippen LogP contribution in [-0.4, -0.2) is 34.2 Å². The number of rotatable bonds is 7. The van der Waals surface area contributed by atoms with Crippen molar-refractivity contribution in [1.82, 2.24) is 19.5 Å². The lowest BCUT2D eigenvalue weighted by Crippen LogP contribution is -2.15. The number of aromatic nitrogens is 4. The first-order valence-electron chi connectivity index (χ1n) is 11.2. The second kappa shape index (κ2) is 9.25. The zero-order valence-electron chi connectivity index (χ0n) is 20.8. The van der Waals surface area contributed by atoms with E-state index in [1.807, 2.05) is 34.6 Å². The number of nitrogens with zero attached hydrogens (tertiary/aromatic N) is 4. The largest absolute Gasteiger partial charge is 0.438 e. The second-order valence-corrected chi connectivity index (χ2v) is 11.5. The first kappa shape index (κ1) is 25.7. The van der Waals surface area contributed by atoms with Gasteiger partial charge in [0.25, 0.3) is 10.1 Å². The summed E-state index contributed by atoms with van der Waals surface area (Å²) in [7, 11) is -3.78. The van der Waals surface area contributed by atoms with Crippen molar-refractivity contribution >= 4 is 27.2 Å². The highest BCUT2D eigenvalue weighted by atomic mass is 32.2. The first-order valence-corrected chi connectivity index (χ1v) is 13.0. The highest BCUT2D eigenvalue weighted by Gasteiger charge is 2.28. The Labute approximate surface area is 207 Å². The van der Waals surface area contributed by atoms with Crippen molar-refractivity contribution < 1.29 is 25.9 Å². The van der Waals surface area contributed by atoms with Gasteiger partial charge in [-0.2, -0.15) is 8.42 Å². The Kier molecular flexibility index (Phi) is 6.60. The molecule has 0 saturated carbocycles. The van der Waals surface area contributed by atoms with E-state index in [-0.39, 0.29) is 28.9 Å². The van der Waals surface area contributed by atoms with Gasteiger partial charge in [-0.15, -0.1) is 4.28 Å². The number of oxazole rings is 1. The molecular weight excluding hydrogens is 492 g/mol. The van der Waals surface area contributed by atoms with Gasteiger partial charge >= 0.3 is 0 Å². The molecule has 0 atom stereocenters. The molecule has 0 aliphatic heterocycles. The van der Waals surface area contributed by atoms with E-state index in [2.05, 4.69) is 15.4 Å². The first-order chi connectivity index (χ1) is 16.7. The van der Waals surface area contributed by atoms with Gasteiger partial charge < -0.3 is 4.42 Å². The maximum absolute atomic E-state index is 14.8. The lowest BCUT2D eigenvalue weighted by Gasteiger charge is -2.12. The predicted molar refractivity (Wildman–Crippen MR) is 131 cm³/mol. The lowest BCUT2D eigenvalue weighted by molar-refractivity contribution is 0.385. The fourth-order valence-corrected chi connectivity index (χ4v) is 3.76. The molecule has 0 fully saturated rings. The molecule has 9 nitrogen and oxygen atoms in total. The normalized spacial score (nSPS) is 12.6. The van der Waals surface area contributed by atoms with Gasteiger partial charge in [0.05, 0.1) is 6.26 Å². The van der Waals surface area contributed by atoms with E-state index in [0.29, 0.717) is 29.3 Å². The summed E-state index contributed by atoms with van der Waals surface area (Å²) >= 11 is 0. The number of anilines is 1. The molecule has 0 amide bonds. The quantitative estimate of drug-likeness (QED) is 0.328. The van der Waals surface area contributed by atoms with Crippen LogP contribution < -0.4 is 5.48 Å². The van der Waals surface area contributed by atoms with Crippen molar-refractivity contribution in [2.45, 2.75) is 46.6 Å². The Balaban J connectivity index is 1.91. The van der Waals surface area contributed by atoms with Crippen LogP contribution in [0, 0.1) is 17.6 Å². The van der Waals surface area contributed by atoms with Gasteiger partial charge in [-0.25, -0.2) is 29.2 Å². The topological polar surface area (TPSA) is 112 Å². The summed E-state index contributed by atoms with van der Waals surface area (Å²) in [5.74, 6) is -0.588. The zero-order chi connectivity index (χ0) is 26.4. The molecular formula is C24H27F2N5O4S. The monoisotopic (exact) mass is 519 g/mol. The smallest absolute Gasteiger partial charge is 0.285 e. The van der Waals surface area contributed by atoms with Crippen LogP contribution in [-0.2, 0) is 26.4 Å². The van der Waals surface area contributed by atoms with Gasteiger partial charge in [0.2, 0.25) is 11.8 Å². The molecule has 1 aromatic carbocycles. The highest BCUT2D eigenvalue weighted by molar-refractivity contribution is 7.86. The third kappa shape index (κ3) is 5.39. The number of halogens is 2. The molecule has 0 radical (unpaired) electrons. The molecule has 0 aliphatic carbocycles. The molecule has 3 aromatic heterocycles. The van der Waals surface area contributed by atoms with Crippen LogP contribution in [0.5, 0.6) is 0 Å². The number of imidazole rings is 1. The molecule has 12 heteroatoms. The summed E-state index contributed by atoms with van der Waals surface area (Å²) in [6.45, 7) is 10.1. The van der Waals surface area contributed by atoms with Crippen LogP contribution >= 0.6 is 0 Å². The SMILES string of the molecule is CC(C)Cn1c(NOS(C)(=O)=O)nc2ccc(-c3oc(C(C)(C)C)nc3-c3ccc(F)cc3F)nc21. The lowest BCUT2D eigenvalue weighted by atomic mass is 9.97. The van der Waals surface area contributed by atoms with Gasteiger partial charge in [0, 0.05) is 23.6 Å². The molecule has 1 N–H and O–H groups in total. The van der Waals surface area contributed by atoms with Crippen molar-refractivity contribution in [3.63, 3.8) is 0 Å². The Hall–Kier alpha value is -3.38. The van der Waals surface area contributed by atoms with Crippen LogP contribution in [0.1, 0.15) is 40.5 Å². The molecule has 0 spiro atoms. The van der Waals surface area contributed by atoms with Gasteiger partial charge in [-0.05, 0) is 30.2 Å². The molecule has 4 rings (SSSR count). The molecule has 36 heavy (non-hydrogen) atoms. The maximum atomic E-state index is 14.8. The molecule has 192 valence electrons. The van der Waals surface area contributed by atoms with Gasteiger partial charge in [0.15, 0.2) is 11.4 Å². The van der Waals surface area contributed by atoms with Crippen LogP contribution in [0.15, 0.2) is 34.7 Å². The third-order valence-electron chi connectivity index (χ3n) is 5.11. The van der Waals surface area contributed by atoms with E-state index in [1.54, 1.807) is 16.7 Å². The predicted octanol–water partition coefficient (Wildman–Crippen LogP) is 5.29. The number of hydrogen-bond donors (Lipinski definition) is 1. The van der Waals surface area contributed by atoms with Crippen molar-refractivity contribution in [2.24, 2.45) is 5.92 Å². The number of benzene rings is 1. The maximum Gasteiger partial charge on any atom is 0.285 e. The molecule has 0 unspecified atom stereocenters. The minimum Gasteiger partial charge on any atom is -0.438 e. The standard InChI is InChI=1S/C24H27F2N5O4S/c1-13(2)12-31-21-18(28-23(31)30-35-36(6,32)33)10-9-17(27-21)20-19(29-22(34-20)24(3,4)5)15-8-7-14(25)11-16(15)26/h7-11,13H,12H2,1-6H3,(H,28,30). The van der Waals surface area contributed by atoms with Crippen molar-refractivity contribution in [3.8, 4) is 22.7 Å². The summed E-state index contributed by atoms with van der Waals surface area (Å²) < 4.78 is 63.8. The van der Waals surface area contributed by atoms with Crippen LogP contribution in [0.25, 0.3) is 33.9 Å². The average Bonchev–Trinajstić information content (AvgIpc) is 3.33. The molecule has 0 bridgehead atoms. The minimum absolute atomic E-state index is 0.0761. The third-order valence-corrected chi connectivity index (χ3v) is 5.50. The van der Waals surface area contributed by atoms with Gasteiger partial charge in [0.1, 0.15) is 28.5 Å². The highest BCUT2D eigenvalue weighted by Crippen LogP contribution is 2.37.